The third-order valence-electron chi connectivity index (χ3n) is 3.32. The maximum atomic E-state index is 12.1. The molecule has 6 nitrogen and oxygen atoms in total. The maximum absolute atomic E-state index is 12.1. The Bertz CT molecular complexity index is 652. The highest BCUT2D eigenvalue weighted by atomic mass is 32.1. The van der Waals surface area contributed by atoms with Crippen molar-refractivity contribution in [1.82, 2.24) is 15.5 Å². The number of hydrogen-bond donors (Lipinski definition) is 2. The van der Waals surface area contributed by atoms with Crippen LogP contribution in [0.1, 0.15) is 22.4 Å². The van der Waals surface area contributed by atoms with Crippen molar-refractivity contribution in [2.45, 2.75) is 26.9 Å². The molecule has 0 aliphatic rings. The van der Waals surface area contributed by atoms with Gasteiger partial charge in [-0.3, -0.25) is 14.5 Å². The van der Waals surface area contributed by atoms with Gasteiger partial charge in [-0.2, -0.15) is 0 Å². The van der Waals surface area contributed by atoms with Gasteiger partial charge in [0.25, 0.3) is 0 Å². The molecule has 0 unspecified atom stereocenters. The number of nitrogens with zero attached hydrogens (tertiary/aromatic N) is 1. The van der Waals surface area contributed by atoms with Crippen molar-refractivity contribution in [2.75, 3.05) is 19.6 Å². The zero-order valence-corrected chi connectivity index (χ0v) is 14.8. The van der Waals surface area contributed by atoms with Crippen LogP contribution in [0, 0.1) is 6.92 Å². The van der Waals surface area contributed by atoms with Crippen LogP contribution in [0.2, 0.25) is 0 Å². The quantitative estimate of drug-likeness (QED) is 0.678. The highest BCUT2D eigenvalue weighted by Crippen LogP contribution is 2.18. The van der Waals surface area contributed by atoms with Crippen molar-refractivity contribution < 1.29 is 14.0 Å². The van der Waals surface area contributed by atoms with Crippen LogP contribution in [0.25, 0.3) is 0 Å². The van der Waals surface area contributed by atoms with Crippen LogP contribution in [0.3, 0.4) is 0 Å². The van der Waals surface area contributed by atoms with E-state index in [0.717, 1.165) is 5.76 Å². The first-order valence-corrected chi connectivity index (χ1v) is 8.66. The van der Waals surface area contributed by atoms with E-state index < -0.39 is 0 Å². The first-order chi connectivity index (χ1) is 11.5. The van der Waals surface area contributed by atoms with Crippen LogP contribution in [-0.4, -0.2) is 36.3 Å². The summed E-state index contributed by atoms with van der Waals surface area (Å²) in [6, 6.07) is 7.92. The molecule has 0 atom stereocenters. The van der Waals surface area contributed by atoms with E-state index in [9.17, 15) is 9.59 Å². The molecule has 130 valence electrons. The minimum absolute atomic E-state index is 0.0693. The Morgan fingerprint density at radius 2 is 1.96 bits per heavy atom. The number of hydrogen-bond acceptors (Lipinski definition) is 5. The van der Waals surface area contributed by atoms with E-state index in [4.69, 9.17) is 4.42 Å². The second kappa shape index (κ2) is 9.24. The van der Waals surface area contributed by atoms with Gasteiger partial charge in [-0.05, 0) is 31.2 Å². The van der Waals surface area contributed by atoms with E-state index >= 15 is 0 Å². The van der Waals surface area contributed by atoms with E-state index in [-0.39, 0.29) is 18.4 Å². The van der Waals surface area contributed by atoms with Crippen LogP contribution in [0.15, 0.2) is 34.9 Å². The molecular formula is C17H23N3O3S. The predicted molar refractivity (Wildman–Crippen MR) is 93.6 cm³/mol. The number of nitrogens with one attached hydrogen (secondary N) is 2. The Kier molecular flexibility index (Phi) is 7.02. The van der Waals surface area contributed by atoms with Gasteiger partial charge in [-0.1, -0.05) is 0 Å². The zero-order valence-electron chi connectivity index (χ0n) is 14.0. The monoisotopic (exact) mass is 349 g/mol. The lowest BCUT2D eigenvalue weighted by Crippen LogP contribution is -2.39. The first kappa shape index (κ1) is 18.2. The molecule has 0 bridgehead atoms. The first-order valence-electron chi connectivity index (χ1n) is 7.84. The summed E-state index contributed by atoms with van der Waals surface area (Å²) in [6.45, 7) is 5.92. The SMILES string of the molecule is CC(=O)NCCNC(=O)CN(Cc1ccco1)Cc1ccc(C)s1. The molecule has 7 heteroatoms. The normalized spacial score (nSPS) is 10.8. The summed E-state index contributed by atoms with van der Waals surface area (Å²) in [7, 11) is 0. The van der Waals surface area contributed by atoms with Gasteiger partial charge in [-0.15, -0.1) is 11.3 Å². The smallest absolute Gasteiger partial charge is 0.234 e. The second-order valence-corrected chi connectivity index (χ2v) is 6.94. The molecule has 0 radical (unpaired) electrons. The molecule has 0 spiro atoms. The molecule has 2 heterocycles. The summed E-state index contributed by atoms with van der Waals surface area (Å²) >= 11 is 1.73. The van der Waals surface area contributed by atoms with Gasteiger partial charge in [0.15, 0.2) is 0 Å². The molecule has 2 aromatic heterocycles. The van der Waals surface area contributed by atoms with Crippen LogP contribution >= 0.6 is 11.3 Å². The molecule has 2 aromatic rings. The third-order valence-corrected chi connectivity index (χ3v) is 4.31. The second-order valence-electron chi connectivity index (χ2n) is 5.57. The van der Waals surface area contributed by atoms with Crippen molar-refractivity contribution in [2.24, 2.45) is 0 Å². The van der Waals surface area contributed by atoms with Crippen LogP contribution in [0.4, 0.5) is 0 Å². The van der Waals surface area contributed by atoms with Gasteiger partial charge < -0.3 is 15.1 Å². The number of furan rings is 1. The maximum Gasteiger partial charge on any atom is 0.234 e. The molecule has 0 aliphatic heterocycles. The van der Waals surface area contributed by atoms with E-state index in [1.54, 1.807) is 17.6 Å². The van der Waals surface area contributed by atoms with Crippen LogP contribution in [-0.2, 0) is 22.7 Å². The van der Waals surface area contributed by atoms with Crippen molar-refractivity contribution >= 4 is 23.2 Å². The minimum Gasteiger partial charge on any atom is -0.468 e. The fourth-order valence-corrected chi connectivity index (χ4v) is 3.21. The molecule has 0 saturated heterocycles. The molecule has 2 rings (SSSR count). The number of carbonyl (C=O) groups is 2. The number of carbonyl (C=O) groups excluding carboxylic acids is 2. The van der Waals surface area contributed by atoms with E-state index in [2.05, 4.69) is 29.7 Å². The third kappa shape index (κ3) is 6.55. The van der Waals surface area contributed by atoms with Gasteiger partial charge in [0.05, 0.1) is 19.4 Å². The number of aryl methyl sites for hydroxylation is 1. The summed E-state index contributed by atoms with van der Waals surface area (Å²) < 4.78 is 5.40. The Balaban J connectivity index is 1.87. The molecule has 0 saturated carbocycles. The topological polar surface area (TPSA) is 74.6 Å². The van der Waals surface area contributed by atoms with Crippen molar-refractivity contribution in [3.05, 3.63) is 46.0 Å². The summed E-state index contributed by atoms with van der Waals surface area (Å²) in [5.41, 5.74) is 0. The van der Waals surface area contributed by atoms with Gasteiger partial charge in [0, 0.05) is 36.3 Å². The predicted octanol–water partition coefficient (Wildman–Crippen LogP) is 1.90. The highest BCUT2D eigenvalue weighted by Gasteiger charge is 2.14. The molecule has 24 heavy (non-hydrogen) atoms. The van der Waals surface area contributed by atoms with Crippen LogP contribution in [0.5, 0.6) is 0 Å². The van der Waals surface area contributed by atoms with E-state index in [1.165, 1.54) is 16.7 Å². The average Bonchev–Trinajstić information content (AvgIpc) is 3.15. The zero-order chi connectivity index (χ0) is 17.4. The Morgan fingerprint density at radius 1 is 1.17 bits per heavy atom. The fraction of sp³-hybridized carbons (Fsp3) is 0.412. The minimum atomic E-state index is -0.100. The molecule has 0 fully saturated rings. The highest BCUT2D eigenvalue weighted by molar-refractivity contribution is 7.11. The van der Waals surface area contributed by atoms with Gasteiger partial charge >= 0.3 is 0 Å². The largest absolute Gasteiger partial charge is 0.468 e. The lowest BCUT2D eigenvalue weighted by Gasteiger charge is -2.20. The van der Waals surface area contributed by atoms with Crippen molar-refractivity contribution in [3.63, 3.8) is 0 Å². The molecule has 2 amide bonds. The van der Waals surface area contributed by atoms with Gasteiger partial charge in [-0.25, -0.2) is 0 Å². The molecular weight excluding hydrogens is 326 g/mol. The van der Waals surface area contributed by atoms with Gasteiger partial charge in [0.2, 0.25) is 11.8 Å². The molecule has 0 aromatic carbocycles. The lowest BCUT2D eigenvalue weighted by molar-refractivity contribution is -0.123. The average molecular weight is 349 g/mol. The number of amides is 2. The van der Waals surface area contributed by atoms with E-state index in [0.29, 0.717) is 26.2 Å². The number of rotatable bonds is 9. The summed E-state index contributed by atoms with van der Waals surface area (Å²) in [5.74, 6) is 0.659. The Hall–Kier alpha value is -2.12. The van der Waals surface area contributed by atoms with Crippen molar-refractivity contribution in [1.29, 1.82) is 0 Å². The van der Waals surface area contributed by atoms with Crippen molar-refractivity contribution in [3.8, 4) is 0 Å². The fourth-order valence-electron chi connectivity index (χ4n) is 2.28. The molecule has 2 N–H and O–H groups in total. The molecule has 0 aliphatic carbocycles. The Labute approximate surface area is 145 Å². The Morgan fingerprint density at radius 3 is 2.58 bits per heavy atom. The van der Waals surface area contributed by atoms with E-state index in [1.807, 2.05) is 17.0 Å². The lowest BCUT2D eigenvalue weighted by atomic mass is 10.3. The van der Waals surface area contributed by atoms with Crippen LogP contribution < -0.4 is 10.6 Å². The number of thiophene rings is 1. The summed E-state index contributed by atoms with van der Waals surface area (Å²) in [6.07, 6.45) is 1.64. The summed E-state index contributed by atoms with van der Waals surface area (Å²) in [4.78, 5) is 27.4. The standard InChI is InChI=1S/C17H23N3O3S/c1-13-5-6-16(24-13)11-20(10-15-4-3-9-23-15)12-17(22)19-8-7-18-14(2)21/h3-6,9H,7-8,10-12H2,1-2H3,(H,18,21)(H,19,22). The van der Waals surface area contributed by atoms with Gasteiger partial charge in [0.1, 0.15) is 5.76 Å². The summed E-state index contributed by atoms with van der Waals surface area (Å²) in [5, 5.41) is 5.47.